The predicted octanol–water partition coefficient (Wildman–Crippen LogP) is 8.08. The van der Waals surface area contributed by atoms with Crippen LogP contribution in [0.25, 0.3) is 11.1 Å². The number of fused-ring (bicyclic) bond motifs is 3. The summed E-state index contributed by atoms with van der Waals surface area (Å²) >= 11 is 0. The Morgan fingerprint density at radius 1 is 1.03 bits per heavy atom. The first-order chi connectivity index (χ1) is 15.2. The fourth-order valence-electron chi connectivity index (χ4n) is 5.25. The Bertz CT molecular complexity index is 1030. The highest BCUT2D eigenvalue weighted by molar-refractivity contribution is 5.68. The lowest BCUT2D eigenvalue weighted by atomic mass is 9.65. The molecule has 0 saturated heterocycles. The fraction of sp³-hybridized carbons (Fsp3) is 0.440. The van der Waals surface area contributed by atoms with Gasteiger partial charge in [0.15, 0.2) is 11.6 Å². The average Bonchev–Trinajstić information content (AvgIpc) is 2.73. The topological polar surface area (TPSA) is 9.23 Å². The van der Waals surface area contributed by atoms with Gasteiger partial charge in [-0.3, -0.25) is 0 Å². The van der Waals surface area contributed by atoms with E-state index in [4.69, 9.17) is 0 Å². The minimum atomic E-state index is -5.06. The number of alkyl halides is 3. The molecular formula is C25H24F6O. The van der Waals surface area contributed by atoms with Gasteiger partial charge in [0.05, 0.1) is 5.56 Å². The summed E-state index contributed by atoms with van der Waals surface area (Å²) in [5, 5.41) is 0. The van der Waals surface area contributed by atoms with Crippen molar-refractivity contribution in [2.75, 3.05) is 0 Å². The monoisotopic (exact) mass is 454 g/mol. The molecule has 2 aliphatic rings. The first-order valence-corrected chi connectivity index (χ1v) is 10.9. The smallest absolute Gasteiger partial charge is 0.403 e. The molecule has 0 spiro atoms. The molecule has 2 aliphatic carbocycles. The zero-order chi connectivity index (χ0) is 23.0. The first kappa shape index (κ1) is 22.7. The Morgan fingerprint density at radius 2 is 1.81 bits per heavy atom. The van der Waals surface area contributed by atoms with E-state index in [1.807, 2.05) is 0 Å². The van der Waals surface area contributed by atoms with Gasteiger partial charge in [0.25, 0.3) is 0 Å². The molecule has 0 radical (unpaired) electrons. The lowest BCUT2D eigenvalue weighted by Crippen LogP contribution is -2.28. The summed E-state index contributed by atoms with van der Waals surface area (Å²) in [6.07, 6.45) is 4.40. The number of halogens is 6. The number of hydrogen-bond donors (Lipinski definition) is 0. The third-order valence-corrected chi connectivity index (χ3v) is 6.63. The van der Waals surface area contributed by atoms with Crippen LogP contribution in [0.2, 0.25) is 0 Å². The molecule has 0 aromatic heterocycles. The van der Waals surface area contributed by atoms with Crippen molar-refractivity contribution in [3.63, 3.8) is 0 Å². The molecule has 1 fully saturated rings. The molecule has 0 N–H and O–H groups in total. The van der Waals surface area contributed by atoms with Crippen molar-refractivity contribution in [3.8, 4) is 16.9 Å². The van der Waals surface area contributed by atoms with E-state index in [1.165, 1.54) is 6.07 Å². The number of benzene rings is 2. The number of ether oxygens (including phenoxy) is 1. The standard InChI is InChI=1S/C25H24F6O/c1-2-3-4-14-5-8-17-15(11-14)6-9-18-19(17)13-21(27)23(24(18)28)16-7-10-22(20(26)12-16)32-25(29,30)31/h3-4,7,10,12-15,17H,2,5-6,8-9,11H2,1H3/b4-3+/t14-,15-,17+/m1/s1. The van der Waals surface area contributed by atoms with Crippen molar-refractivity contribution in [3.05, 3.63) is 65.0 Å². The van der Waals surface area contributed by atoms with E-state index in [1.54, 1.807) is 0 Å². The van der Waals surface area contributed by atoms with E-state index in [-0.39, 0.29) is 11.5 Å². The number of allylic oxidation sites excluding steroid dienone is 2. The Kier molecular flexibility index (Phi) is 6.28. The molecular weight excluding hydrogens is 430 g/mol. The van der Waals surface area contributed by atoms with Crippen LogP contribution >= 0.6 is 0 Å². The molecule has 1 saturated carbocycles. The second-order valence-corrected chi connectivity index (χ2v) is 8.62. The van der Waals surface area contributed by atoms with Crippen molar-refractivity contribution >= 4 is 0 Å². The van der Waals surface area contributed by atoms with E-state index in [2.05, 4.69) is 23.8 Å². The van der Waals surface area contributed by atoms with Gasteiger partial charge < -0.3 is 4.74 Å². The Labute approximate surface area is 183 Å². The van der Waals surface area contributed by atoms with Gasteiger partial charge in [-0.25, -0.2) is 13.2 Å². The van der Waals surface area contributed by atoms with Gasteiger partial charge >= 0.3 is 6.36 Å². The highest BCUT2D eigenvalue weighted by Gasteiger charge is 2.37. The van der Waals surface area contributed by atoms with Crippen molar-refractivity contribution in [1.29, 1.82) is 0 Å². The Hall–Kier alpha value is -2.44. The maximum Gasteiger partial charge on any atom is 0.573 e. The average molecular weight is 454 g/mol. The van der Waals surface area contributed by atoms with Crippen LogP contribution in [0.3, 0.4) is 0 Å². The second-order valence-electron chi connectivity index (χ2n) is 8.62. The van der Waals surface area contributed by atoms with Gasteiger partial charge in [-0.1, -0.05) is 25.1 Å². The van der Waals surface area contributed by atoms with E-state index in [0.29, 0.717) is 35.4 Å². The normalized spacial score (nSPS) is 23.2. The molecule has 32 heavy (non-hydrogen) atoms. The third kappa shape index (κ3) is 4.52. The molecule has 0 heterocycles. The van der Waals surface area contributed by atoms with Gasteiger partial charge in [0, 0.05) is 0 Å². The summed E-state index contributed by atoms with van der Waals surface area (Å²) in [5.74, 6) is -3.03. The summed E-state index contributed by atoms with van der Waals surface area (Å²) in [5.41, 5.74) is 0.529. The lowest BCUT2D eigenvalue weighted by Gasteiger charge is -2.40. The van der Waals surface area contributed by atoms with Gasteiger partial charge in [-0.05, 0) is 91.2 Å². The summed E-state index contributed by atoms with van der Waals surface area (Å²) < 4.78 is 85.3. The highest BCUT2D eigenvalue weighted by atomic mass is 19.4. The molecule has 0 aliphatic heterocycles. The van der Waals surface area contributed by atoms with E-state index >= 15 is 8.78 Å². The highest BCUT2D eigenvalue weighted by Crippen LogP contribution is 2.49. The lowest BCUT2D eigenvalue weighted by molar-refractivity contribution is -0.275. The maximum atomic E-state index is 15.4. The molecule has 172 valence electrons. The number of rotatable bonds is 4. The van der Waals surface area contributed by atoms with Gasteiger partial charge in [0.2, 0.25) is 0 Å². The van der Waals surface area contributed by atoms with Crippen molar-refractivity contribution in [2.45, 2.75) is 57.7 Å². The Balaban J connectivity index is 1.65. The van der Waals surface area contributed by atoms with Crippen LogP contribution in [0, 0.1) is 29.3 Å². The predicted molar refractivity (Wildman–Crippen MR) is 110 cm³/mol. The molecule has 0 bridgehead atoms. The SMILES string of the molecule is CC/C=C/[C@@H]1CC[C@@H]2c3cc(F)c(-c4ccc(OC(F)(F)F)c(F)c4)c(F)c3CC[C@@H]2C1. The molecule has 0 unspecified atom stereocenters. The van der Waals surface area contributed by atoms with Gasteiger partial charge in [0.1, 0.15) is 11.6 Å². The van der Waals surface area contributed by atoms with Crippen molar-refractivity contribution in [1.82, 2.24) is 0 Å². The third-order valence-electron chi connectivity index (χ3n) is 6.63. The summed E-state index contributed by atoms with van der Waals surface area (Å²) in [4.78, 5) is 0. The van der Waals surface area contributed by atoms with Crippen LogP contribution < -0.4 is 4.74 Å². The van der Waals surface area contributed by atoms with Crippen molar-refractivity contribution < 1.29 is 31.1 Å². The van der Waals surface area contributed by atoms with Crippen LogP contribution in [0.5, 0.6) is 5.75 Å². The van der Waals surface area contributed by atoms with E-state index < -0.39 is 35.1 Å². The zero-order valence-electron chi connectivity index (χ0n) is 17.6. The summed E-state index contributed by atoms with van der Waals surface area (Å²) in [7, 11) is 0. The maximum absolute atomic E-state index is 15.4. The van der Waals surface area contributed by atoms with E-state index in [9.17, 15) is 17.6 Å². The molecule has 7 heteroatoms. The molecule has 2 aromatic carbocycles. The summed E-state index contributed by atoms with van der Waals surface area (Å²) in [6, 6.07) is 3.78. The molecule has 2 aromatic rings. The van der Waals surface area contributed by atoms with Crippen LogP contribution in [-0.2, 0) is 6.42 Å². The Morgan fingerprint density at radius 3 is 2.50 bits per heavy atom. The fourth-order valence-corrected chi connectivity index (χ4v) is 5.25. The minimum Gasteiger partial charge on any atom is -0.403 e. The van der Waals surface area contributed by atoms with Crippen LogP contribution in [-0.4, -0.2) is 6.36 Å². The zero-order valence-corrected chi connectivity index (χ0v) is 17.6. The summed E-state index contributed by atoms with van der Waals surface area (Å²) in [6.45, 7) is 2.09. The van der Waals surface area contributed by atoms with Crippen LogP contribution in [0.15, 0.2) is 36.4 Å². The van der Waals surface area contributed by atoms with Gasteiger partial charge in [-0.2, -0.15) is 0 Å². The molecule has 3 atom stereocenters. The molecule has 4 rings (SSSR count). The quantitative estimate of drug-likeness (QED) is 0.335. The molecule has 0 amide bonds. The largest absolute Gasteiger partial charge is 0.573 e. The van der Waals surface area contributed by atoms with Crippen LogP contribution in [0.4, 0.5) is 26.3 Å². The second kappa shape index (κ2) is 8.83. The minimum absolute atomic E-state index is 0.0855. The molecule has 1 nitrogen and oxygen atoms in total. The van der Waals surface area contributed by atoms with Crippen LogP contribution in [0.1, 0.15) is 56.1 Å². The number of hydrogen-bond acceptors (Lipinski definition) is 1. The first-order valence-electron chi connectivity index (χ1n) is 10.9. The van der Waals surface area contributed by atoms with E-state index in [0.717, 1.165) is 44.2 Å². The van der Waals surface area contributed by atoms with Crippen molar-refractivity contribution in [2.24, 2.45) is 11.8 Å². The van der Waals surface area contributed by atoms with Gasteiger partial charge in [-0.15, -0.1) is 13.2 Å².